The molecule has 0 saturated carbocycles. The number of likely N-dealkylation sites (tertiary alicyclic amines) is 1. The third-order valence-corrected chi connectivity index (χ3v) is 4.77. The first kappa shape index (κ1) is 16.5. The van der Waals surface area contributed by atoms with E-state index in [1.807, 2.05) is 47.4 Å². The Morgan fingerprint density at radius 3 is 2.50 bits per heavy atom. The van der Waals surface area contributed by atoms with Crippen LogP contribution in [0, 0.1) is 11.3 Å². The van der Waals surface area contributed by atoms with E-state index in [9.17, 15) is 4.79 Å². The van der Waals surface area contributed by atoms with Crippen molar-refractivity contribution in [3.05, 3.63) is 64.1 Å². The van der Waals surface area contributed by atoms with Gasteiger partial charge in [0.2, 0.25) is 0 Å². The molecule has 0 aromatic heterocycles. The van der Waals surface area contributed by atoms with Gasteiger partial charge in [0.05, 0.1) is 5.56 Å². The lowest BCUT2D eigenvalue weighted by atomic mass is 10.1. The molecule has 0 bridgehead atoms. The Morgan fingerprint density at radius 2 is 1.88 bits per heavy atom. The van der Waals surface area contributed by atoms with Crippen LogP contribution in [0.5, 0.6) is 5.75 Å². The maximum absolute atomic E-state index is 12.4. The molecule has 122 valence electrons. The number of hydrogen-bond donors (Lipinski definition) is 0. The van der Waals surface area contributed by atoms with Crippen molar-refractivity contribution in [3.8, 4) is 11.8 Å². The third-order valence-electron chi connectivity index (χ3n) is 4.11. The molecular formula is C19H17BrN2O2. The van der Waals surface area contributed by atoms with Gasteiger partial charge in [-0.2, -0.15) is 5.26 Å². The zero-order valence-corrected chi connectivity index (χ0v) is 14.7. The first-order chi connectivity index (χ1) is 11.7. The SMILES string of the molecule is N#Cc1ccc(OC2CCN(C(=O)c3ccccc3)CC2)cc1Br. The fourth-order valence-corrected chi connectivity index (χ4v) is 3.24. The first-order valence-corrected chi connectivity index (χ1v) is 8.67. The highest BCUT2D eigenvalue weighted by Crippen LogP contribution is 2.25. The van der Waals surface area contributed by atoms with Gasteiger partial charge in [0.25, 0.3) is 5.91 Å². The van der Waals surface area contributed by atoms with Gasteiger partial charge in [-0.1, -0.05) is 18.2 Å². The Kier molecular flexibility index (Phi) is 5.17. The summed E-state index contributed by atoms with van der Waals surface area (Å²) < 4.78 is 6.73. The Labute approximate surface area is 149 Å². The van der Waals surface area contributed by atoms with E-state index in [1.165, 1.54) is 0 Å². The number of amides is 1. The number of ether oxygens (including phenoxy) is 1. The highest BCUT2D eigenvalue weighted by Gasteiger charge is 2.24. The topological polar surface area (TPSA) is 53.3 Å². The number of nitriles is 1. The Hall–Kier alpha value is -2.32. The molecule has 1 aliphatic rings. The van der Waals surface area contributed by atoms with Gasteiger partial charge in [-0.3, -0.25) is 4.79 Å². The minimum Gasteiger partial charge on any atom is -0.490 e. The number of carbonyl (C=O) groups is 1. The van der Waals surface area contributed by atoms with Crippen LogP contribution in [0.15, 0.2) is 53.0 Å². The third kappa shape index (κ3) is 3.77. The zero-order valence-electron chi connectivity index (χ0n) is 13.1. The molecule has 1 heterocycles. The molecule has 0 radical (unpaired) electrons. The fraction of sp³-hybridized carbons (Fsp3) is 0.263. The highest BCUT2D eigenvalue weighted by molar-refractivity contribution is 9.10. The molecule has 5 heteroatoms. The van der Waals surface area contributed by atoms with Gasteiger partial charge in [-0.25, -0.2) is 0 Å². The number of halogens is 1. The molecule has 0 aliphatic carbocycles. The summed E-state index contributed by atoms with van der Waals surface area (Å²) in [7, 11) is 0. The summed E-state index contributed by atoms with van der Waals surface area (Å²) in [6.45, 7) is 1.38. The number of rotatable bonds is 3. The van der Waals surface area contributed by atoms with Crippen LogP contribution < -0.4 is 4.74 Å². The number of piperidine rings is 1. The smallest absolute Gasteiger partial charge is 0.253 e. The molecule has 4 nitrogen and oxygen atoms in total. The molecule has 0 spiro atoms. The van der Waals surface area contributed by atoms with Crippen LogP contribution >= 0.6 is 15.9 Å². The van der Waals surface area contributed by atoms with Crippen molar-refractivity contribution in [3.63, 3.8) is 0 Å². The van der Waals surface area contributed by atoms with E-state index in [0.29, 0.717) is 18.7 Å². The number of carbonyl (C=O) groups excluding carboxylic acids is 1. The molecule has 1 aliphatic heterocycles. The van der Waals surface area contributed by atoms with E-state index < -0.39 is 0 Å². The molecule has 24 heavy (non-hydrogen) atoms. The first-order valence-electron chi connectivity index (χ1n) is 7.88. The Bertz CT molecular complexity index is 763. The maximum Gasteiger partial charge on any atom is 0.253 e. The van der Waals surface area contributed by atoms with Crippen molar-refractivity contribution >= 4 is 21.8 Å². The van der Waals surface area contributed by atoms with Crippen molar-refractivity contribution < 1.29 is 9.53 Å². The van der Waals surface area contributed by atoms with Crippen LogP contribution in [0.1, 0.15) is 28.8 Å². The Morgan fingerprint density at radius 1 is 1.17 bits per heavy atom. The summed E-state index contributed by atoms with van der Waals surface area (Å²) in [4.78, 5) is 14.3. The van der Waals surface area contributed by atoms with E-state index in [2.05, 4.69) is 22.0 Å². The van der Waals surface area contributed by atoms with Crippen LogP contribution in [-0.4, -0.2) is 30.0 Å². The van der Waals surface area contributed by atoms with Gasteiger partial charge in [0, 0.05) is 36.0 Å². The molecule has 2 aromatic carbocycles. The van der Waals surface area contributed by atoms with Crippen LogP contribution in [0.4, 0.5) is 0 Å². The largest absolute Gasteiger partial charge is 0.490 e. The van der Waals surface area contributed by atoms with Crippen LogP contribution in [0.3, 0.4) is 0 Å². The van der Waals surface area contributed by atoms with Gasteiger partial charge < -0.3 is 9.64 Å². The molecule has 1 saturated heterocycles. The molecule has 3 rings (SSSR count). The normalized spacial score (nSPS) is 14.9. The van der Waals surface area contributed by atoms with Gasteiger partial charge in [-0.15, -0.1) is 0 Å². The second-order valence-corrected chi connectivity index (χ2v) is 6.58. The van der Waals surface area contributed by atoms with Crippen molar-refractivity contribution in [1.29, 1.82) is 5.26 Å². The standard InChI is InChI=1S/C19H17BrN2O2/c20-18-12-17(7-6-15(18)13-21)24-16-8-10-22(11-9-16)19(23)14-4-2-1-3-5-14/h1-7,12,16H,8-11H2. The summed E-state index contributed by atoms with van der Waals surface area (Å²) in [6.07, 6.45) is 1.69. The zero-order chi connectivity index (χ0) is 16.9. The minimum atomic E-state index is 0.0789. The molecule has 0 unspecified atom stereocenters. The van der Waals surface area contributed by atoms with Gasteiger partial charge >= 0.3 is 0 Å². The molecule has 1 amide bonds. The molecular weight excluding hydrogens is 368 g/mol. The maximum atomic E-state index is 12.4. The second kappa shape index (κ2) is 7.50. The van der Waals surface area contributed by atoms with Crippen LogP contribution in [0.25, 0.3) is 0 Å². The lowest BCUT2D eigenvalue weighted by molar-refractivity contribution is 0.0595. The predicted octanol–water partition coefficient (Wildman–Crippen LogP) is 4.00. The molecule has 0 N–H and O–H groups in total. The van der Waals surface area contributed by atoms with Crippen LogP contribution in [-0.2, 0) is 0 Å². The number of hydrogen-bond acceptors (Lipinski definition) is 3. The average molecular weight is 385 g/mol. The van der Waals surface area contributed by atoms with E-state index >= 15 is 0 Å². The molecule has 2 aromatic rings. The summed E-state index contributed by atoms with van der Waals surface area (Å²) in [6, 6.07) is 16.9. The number of nitrogens with zero attached hydrogens (tertiary/aromatic N) is 2. The monoisotopic (exact) mass is 384 g/mol. The molecule has 0 atom stereocenters. The summed E-state index contributed by atoms with van der Waals surface area (Å²) in [5.74, 6) is 0.823. The van der Waals surface area contributed by atoms with Crippen molar-refractivity contribution in [1.82, 2.24) is 4.90 Å². The molecule has 1 fully saturated rings. The second-order valence-electron chi connectivity index (χ2n) is 5.73. The van der Waals surface area contributed by atoms with E-state index in [0.717, 1.165) is 28.6 Å². The van der Waals surface area contributed by atoms with E-state index in [4.69, 9.17) is 10.00 Å². The fourth-order valence-electron chi connectivity index (χ4n) is 2.79. The van der Waals surface area contributed by atoms with Gasteiger partial charge in [0.15, 0.2) is 0 Å². The average Bonchev–Trinajstić information content (AvgIpc) is 2.63. The van der Waals surface area contributed by atoms with Crippen LogP contribution in [0.2, 0.25) is 0 Å². The van der Waals surface area contributed by atoms with Gasteiger partial charge in [0.1, 0.15) is 17.9 Å². The van der Waals surface area contributed by atoms with E-state index in [-0.39, 0.29) is 12.0 Å². The van der Waals surface area contributed by atoms with Gasteiger partial charge in [-0.05, 0) is 46.3 Å². The summed E-state index contributed by atoms with van der Waals surface area (Å²) in [5, 5.41) is 8.95. The summed E-state index contributed by atoms with van der Waals surface area (Å²) >= 11 is 3.37. The highest BCUT2D eigenvalue weighted by atomic mass is 79.9. The van der Waals surface area contributed by atoms with Crippen molar-refractivity contribution in [2.75, 3.05) is 13.1 Å². The number of benzene rings is 2. The van der Waals surface area contributed by atoms with Crippen molar-refractivity contribution in [2.45, 2.75) is 18.9 Å². The summed E-state index contributed by atoms with van der Waals surface area (Å²) in [5.41, 5.74) is 1.32. The Balaban J connectivity index is 1.57. The van der Waals surface area contributed by atoms with E-state index in [1.54, 1.807) is 6.07 Å². The van der Waals surface area contributed by atoms with Crippen molar-refractivity contribution in [2.24, 2.45) is 0 Å². The minimum absolute atomic E-state index is 0.0789. The lowest BCUT2D eigenvalue weighted by Gasteiger charge is -2.32. The lowest BCUT2D eigenvalue weighted by Crippen LogP contribution is -2.41. The quantitative estimate of drug-likeness (QED) is 0.803. The predicted molar refractivity (Wildman–Crippen MR) is 94.9 cm³/mol.